The van der Waals surface area contributed by atoms with Crippen molar-refractivity contribution >= 4 is 33.3 Å². The standard InChI is InChI=1S/C15H21N4O2S/c1-11(2)9-21-14(20)8-16-4-5-19(3)12-6-13-15(17-7-12)22-10-18-13/h6-7,11,16H,4-5,8-9H2,1-3H3. The van der Waals surface area contributed by atoms with Gasteiger partial charge in [0.25, 0.3) is 0 Å². The predicted molar refractivity (Wildman–Crippen MR) is 88.2 cm³/mol. The van der Waals surface area contributed by atoms with E-state index in [4.69, 9.17) is 4.74 Å². The Bertz CT molecular complexity index is 614. The fourth-order valence-electron chi connectivity index (χ4n) is 1.79. The summed E-state index contributed by atoms with van der Waals surface area (Å²) in [4.78, 5) is 22.9. The number of carbonyl (C=O) groups is 1. The molecule has 0 spiro atoms. The van der Waals surface area contributed by atoms with Gasteiger partial charge in [-0.05, 0) is 12.0 Å². The number of pyridine rings is 1. The molecule has 22 heavy (non-hydrogen) atoms. The summed E-state index contributed by atoms with van der Waals surface area (Å²) in [5.74, 6) is 0.151. The molecule has 0 saturated carbocycles. The zero-order chi connectivity index (χ0) is 15.9. The first-order valence-corrected chi connectivity index (χ1v) is 8.08. The van der Waals surface area contributed by atoms with Gasteiger partial charge in [-0.3, -0.25) is 4.79 Å². The van der Waals surface area contributed by atoms with Gasteiger partial charge >= 0.3 is 5.97 Å². The predicted octanol–water partition coefficient (Wildman–Crippen LogP) is 1.72. The van der Waals surface area contributed by atoms with Crippen LogP contribution in [0.1, 0.15) is 13.8 Å². The lowest BCUT2D eigenvalue weighted by atomic mass is 10.2. The second kappa shape index (κ2) is 8.05. The first-order valence-electron chi connectivity index (χ1n) is 7.26. The zero-order valence-electron chi connectivity index (χ0n) is 13.1. The molecule has 2 aromatic heterocycles. The van der Waals surface area contributed by atoms with Gasteiger partial charge in [0.1, 0.15) is 10.3 Å². The zero-order valence-corrected chi connectivity index (χ0v) is 13.9. The van der Waals surface area contributed by atoms with Crippen LogP contribution in [-0.4, -0.2) is 49.2 Å². The molecular weight excluding hydrogens is 300 g/mol. The topological polar surface area (TPSA) is 67.3 Å². The fourth-order valence-corrected chi connectivity index (χ4v) is 2.33. The quantitative estimate of drug-likeness (QED) is 0.590. The lowest BCUT2D eigenvalue weighted by Crippen LogP contribution is -2.33. The van der Waals surface area contributed by atoms with Crippen molar-refractivity contribution in [3.63, 3.8) is 0 Å². The maximum absolute atomic E-state index is 11.5. The molecule has 0 unspecified atom stereocenters. The molecule has 0 amide bonds. The Hall–Kier alpha value is -1.73. The van der Waals surface area contributed by atoms with Crippen molar-refractivity contribution in [3.8, 4) is 0 Å². The van der Waals surface area contributed by atoms with Crippen molar-refractivity contribution in [1.29, 1.82) is 0 Å². The number of nitrogens with zero attached hydrogens (tertiary/aromatic N) is 3. The van der Waals surface area contributed by atoms with Gasteiger partial charge in [0.05, 0.1) is 25.0 Å². The molecule has 0 aromatic carbocycles. The summed E-state index contributed by atoms with van der Waals surface area (Å²) in [5.41, 5.74) is 4.69. The minimum Gasteiger partial charge on any atom is -0.464 e. The molecule has 0 aliphatic carbocycles. The van der Waals surface area contributed by atoms with E-state index in [1.165, 1.54) is 11.3 Å². The molecule has 0 aliphatic rings. The maximum atomic E-state index is 11.5. The molecule has 0 aliphatic heterocycles. The highest BCUT2D eigenvalue weighted by molar-refractivity contribution is 7.15. The lowest BCUT2D eigenvalue weighted by Gasteiger charge is -2.19. The fraction of sp³-hybridized carbons (Fsp3) is 0.533. The number of hydrogen-bond acceptors (Lipinski definition) is 7. The number of esters is 1. The van der Waals surface area contributed by atoms with Gasteiger partial charge in [0.2, 0.25) is 0 Å². The number of hydrogen-bond donors (Lipinski definition) is 1. The van der Waals surface area contributed by atoms with Crippen LogP contribution in [-0.2, 0) is 9.53 Å². The van der Waals surface area contributed by atoms with Gasteiger partial charge in [0.15, 0.2) is 5.51 Å². The van der Waals surface area contributed by atoms with Gasteiger partial charge in [0, 0.05) is 20.1 Å². The highest BCUT2D eigenvalue weighted by Gasteiger charge is 2.06. The Morgan fingerprint density at radius 2 is 2.36 bits per heavy atom. The Balaban J connectivity index is 1.71. The summed E-state index contributed by atoms with van der Waals surface area (Å²) in [6.07, 6.45) is 1.82. The largest absolute Gasteiger partial charge is 0.464 e. The molecule has 1 N–H and O–H groups in total. The molecule has 0 bridgehead atoms. The summed E-state index contributed by atoms with van der Waals surface area (Å²) in [6, 6.07) is 1.99. The third kappa shape index (κ3) is 4.92. The third-order valence-corrected chi connectivity index (χ3v) is 3.73. The summed E-state index contributed by atoms with van der Waals surface area (Å²) in [7, 11) is 1.98. The molecule has 7 heteroatoms. The highest BCUT2D eigenvalue weighted by Crippen LogP contribution is 2.19. The van der Waals surface area contributed by atoms with Crippen LogP contribution < -0.4 is 10.2 Å². The van der Waals surface area contributed by atoms with E-state index in [0.29, 0.717) is 19.1 Å². The van der Waals surface area contributed by atoms with Crippen LogP contribution in [0.2, 0.25) is 0 Å². The SMILES string of the molecule is CC(C)COC(=O)CNCCN(C)c1cnc2s[c]nc2c1. The molecule has 2 rings (SSSR count). The molecule has 119 valence electrons. The molecule has 0 saturated heterocycles. The van der Waals surface area contributed by atoms with Crippen molar-refractivity contribution in [2.45, 2.75) is 13.8 Å². The van der Waals surface area contributed by atoms with Crippen molar-refractivity contribution in [3.05, 3.63) is 17.8 Å². The molecule has 0 atom stereocenters. The molecular formula is C15H21N4O2S. The number of likely N-dealkylation sites (N-methyl/N-ethyl adjacent to an activating group) is 1. The van der Waals surface area contributed by atoms with Crippen molar-refractivity contribution in [2.24, 2.45) is 5.92 Å². The maximum Gasteiger partial charge on any atom is 0.319 e. The number of ether oxygens (including phenoxy) is 1. The summed E-state index contributed by atoms with van der Waals surface area (Å²) >= 11 is 1.41. The van der Waals surface area contributed by atoms with Gasteiger partial charge in [-0.25, -0.2) is 9.97 Å². The molecule has 1 radical (unpaired) electrons. The van der Waals surface area contributed by atoms with Crippen molar-refractivity contribution in [1.82, 2.24) is 15.3 Å². The summed E-state index contributed by atoms with van der Waals surface area (Å²) in [5, 5.41) is 3.09. The van der Waals surface area contributed by atoms with E-state index in [2.05, 4.69) is 25.7 Å². The number of fused-ring (bicyclic) bond motifs is 1. The highest BCUT2D eigenvalue weighted by atomic mass is 32.1. The number of nitrogens with one attached hydrogen (secondary N) is 1. The Labute approximate surface area is 134 Å². The molecule has 2 heterocycles. The normalized spacial score (nSPS) is 11.1. The van der Waals surface area contributed by atoms with Crippen LogP contribution in [0.15, 0.2) is 12.3 Å². The number of rotatable bonds is 8. The minimum absolute atomic E-state index is 0.211. The summed E-state index contributed by atoms with van der Waals surface area (Å²) < 4.78 is 5.10. The lowest BCUT2D eigenvalue weighted by molar-refractivity contribution is -0.143. The number of anilines is 1. The second-order valence-corrected chi connectivity index (χ2v) is 6.27. The first-order chi connectivity index (χ1) is 10.6. The van der Waals surface area contributed by atoms with Crippen molar-refractivity contribution < 1.29 is 9.53 Å². The van der Waals surface area contributed by atoms with Crippen LogP contribution in [0.3, 0.4) is 0 Å². The smallest absolute Gasteiger partial charge is 0.319 e. The van der Waals surface area contributed by atoms with Crippen LogP contribution in [0.5, 0.6) is 0 Å². The van der Waals surface area contributed by atoms with Crippen molar-refractivity contribution in [2.75, 3.05) is 38.2 Å². The number of carbonyl (C=O) groups excluding carboxylic acids is 1. The van der Waals surface area contributed by atoms with E-state index in [0.717, 1.165) is 22.6 Å². The van der Waals surface area contributed by atoms with Gasteiger partial charge < -0.3 is 15.0 Å². The van der Waals surface area contributed by atoms with Crippen LogP contribution >= 0.6 is 11.3 Å². The summed E-state index contributed by atoms with van der Waals surface area (Å²) in [6.45, 7) is 6.18. The van der Waals surface area contributed by atoms with E-state index in [9.17, 15) is 4.79 Å². The second-order valence-electron chi connectivity index (χ2n) is 5.50. The van der Waals surface area contributed by atoms with E-state index in [-0.39, 0.29) is 12.5 Å². The molecule has 0 fully saturated rings. The Morgan fingerprint density at radius 3 is 3.14 bits per heavy atom. The van der Waals surface area contributed by atoms with E-state index in [1.807, 2.05) is 33.2 Å². The van der Waals surface area contributed by atoms with Crippen LogP contribution in [0.25, 0.3) is 10.3 Å². The van der Waals surface area contributed by atoms with E-state index >= 15 is 0 Å². The van der Waals surface area contributed by atoms with Gasteiger partial charge in [-0.15, -0.1) is 0 Å². The first kappa shape index (κ1) is 16.6. The monoisotopic (exact) mass is 321 g/mol. The third-order valence-electron chi connectivity index (χ3n) is 3.04. The van der Waals surface area contributed by atoms with E-state index < -0.39 is 0 Å². The Morgan fingerprint density at radius 1 is 1.55 bits per heavy atom. The van der Waals surface area contributed by atoms with Crippen LogP contribution in [0, 0.1) is 11.4 Å². The number of thiazole rings is 1. The van der Waals surface area contributed by atoms with E-state index in [1.54, 1.807) is 0 Å². The molecule has 2 aromatic rings. The number of aromatic nitrogens is 2. The van der Waals surface area contributed by atoms with Gasteiger partial charge in [-0.2, -0.15) is 0 Å². The van der Waals surface area contributed by atoms with Gasteiger partial charge in [-0.1, -0.05) is 25.2 Å². The average Bonchev–Trinajstić information content (AvgIpc) is 2.96. The average molecular weight is 321 g/mol. The van der Waals surface area contributed by atoms with Crippen LogP contribution in [0.4, 0.5) is 5.69 Å². The Kier molecular flexibility index (Phi) is 6.09. The molecule has 6 nitrogen and oxygen atoms in total. The minimum atomic E-state index is -0.211.